The molecule has 7 nitrogen and oxygen atoms in total. The number of nitrogens with one attached hydrogen (secondary N) is 1. The second kappa shape index (κ2) is 12.6. The molecule has 0 bridgehead atoms. The van der Waals surface area contributed by atoms with E-state index in [-0.39, 0.29) is 43.8 Å². The Bertz CT molecular complexity index is 1160. The molecule has 0 radical (unpaired) electrons. The van der Waals surface area contributed by atoms with Gasteiger partial charge in [-0.3, -0.25) is 13.9 Å². The predicted octanol–water partition coefficient (Wildman–Crippen LogP) is 4.79. The van der Waals surface area contributed by atoms with Crippen LogP contribution in [0.2, 0.25) is 10.0 Å². The Hall–Kier alpha value is -2.29. The van der Waals surface area contributed by atoms with Crippen LogP contribution in [0.4, 0.5) is 5.69 Å². The third-order valence-electron chi connectivity index (χ3n) is 5.38. The van der Waals surface area contributed by atoms with Crippen LogP contribution in [0.25, 0.3) is 0 Å². The van der Waals surface area contributed by atoms with Crippen LogP contribution < -0.4 is 9.62 Å². The Morgan fingerprint density at radius 1 is 1.03 bits per heavy atom. The van der Waals surface area contributed by atoms with E-state index in [4.69, 9.17) is 23.2 Å². The lowest BCUT2D eigenvalue weighted by Crippen LogP contribution is -2.49. The molecule has 2 aromatic carbocycles. The molecule has 0 spiro atoms. The molecule has 1 N–H and O–H groups in total. The molecule has 0 fully saturated rings. The Balaban J connectivity index is 2.19. The van der Waals surface area contributed by atoms with Crippen LogP contribution in [-0.2, 0) is 26.2 Å². The van der Waals surface area contributed by atoms with Crippen molar-refractivity contribution >= 4 is 50.7 Å². The first-order valence-corrected chi connectivity index (χ1v) is 14.0. The molecule has 192 valence electrons. The van der Waals surface area contributed by atoms with Crippen molar-refractivity contribution in [2.24, 2.45) is 0 Å². The lowest BCUT2D eigenvalue weighted by molar-refractivity contribution is -0.140. The summed E-state index contributed by atoms with van der Waals surface area (Å²) < 4.78 is 26.1. The van der Waals surface area contributed by atoms with Crippen LogP contribution >= 0.6 is 23.2 Å². The average molecular weight is 543 g/mol. The third kappa shape index (κ3) is 8.70. The van der Waals surface area contributed by atoms with Gasteiger partial charge in [0, 0.05) is 25.6 Å². The van der Waals surface area contributed by atoms with Gasteiger partial charge in [-0.25, -0.2) is 8.42 Å². The van der Waals surface area contributed by atoms with Crippen LogP contribution in [-0.4, -0.2) is 50.0 Å². The summed E-state index contributed by atoms with van der Waals surface area (Å²) >= 11 is 12.2. The highest BCUT2D eigenvalue weighted by Crippen LogP contribution is 2.24. The topological polar surface area (TPSA) is 86.8 Å². The molecule has 1 atom stereocenters. The van der Waals surface area contributed by atoms with Crippen LogP contribution in [0.3, 0.4) is 0 Å². The number of halogens is 2. The fourth-order valence-electron chi connectivity index (χ4n) is 3.61. The zero-order chi connectivity index (χ0) is 26.3. The minimum absolute atomic E-state index is 0.0679. The van der Waals surface area contributed by atoms with Gasteiger partial charge in [-0.1, -0.05) is 41.4 Å². The number of carbonyl (C=O) groups excluding carboxylic acids is 2. The van der Waals surface area contributed by atoms with E-state index in [1.54, 1.807) is 43.3 Å². The van der Waals surface area contributed by atoms with Crippen molar-refractivity contribution in [3.63, 3.8) is 0 Å². The van der Waals surface area contributed by atoms with Crippen molar-refractivity contribution in [2.75, 3.05) is 17.1 Å². The molecule has 2 amide bonds. The van der Waals surface area contributed by atoms with E-state index < -0.39 is 16.1 Å². The Kier molecular flexibility index (Phi) is 10.4. The predicted molar refractivity (Wildman–Crippen MR) is 142 cm³/mol. The van der Waals surface area contributed by atoms with Crippen LogP contribution in [0.5, 0.6) is 0 Å². The van der Waals surface area contributed by atoms with Gasteiger partial charge in [0.15, 0.2) is 0 Å². The lowest BCUT2D eigenvalue weighted by atomic mass is 10.1. The molecular weight excluding hydrogens is 509 g/mol. The number of anilines is 1. The van der Waals surface area contributed by atoms with Crippen LogP contribution in [0, 0.1) is 6.92 Å². The maximum absolute atomic E-state index is 13.3. The van der Waals surface area contributed by atoms with Crippen molar-refractivity contribution in [1.29, 1.82) is 0 Å². The summed E-state index contributed by atoms with van der Waals surface area (Å²) in [5, 5.41) is 3.60. The van der Waals surface area contributed by atoms with E-state index in [0.717, 1.165) is 17.4 Å². The van der Waals surface area contributed by atoms with Crippen molar-refractivity contribution in [2.45, 2.75) is 59.2 Å². The molecule has 0 saturated carbocycles. The lowest BCUT2D eigenvalue weighted by Gasteiger charge is -2.30. The molecule has 0 aliphatic heterocycles. The summed E-state index contributed by atoms with van der Waals surface area (Å²) in [7, 11) is -3.54. The number of hydrogen-bond donors (Lipinski definition) is 1. The van der Waals surface area contributed by atoms with Gasteiger partial charge in [-0.15, -0.1) is 0 Å². The first-order chi connectivity index (χ1) is 16.3. The number of sulfonamides is 1. The van der Waals surface area contributed by atoms with E-state index in [0.29, 0.717) is 15.7 Å². The SMILES string of the molecule is Cc1cccc(N(CCCC(=O)N(Cc2ccc(Cl)c(Cl)c2)[C@H](C)C(=O)NC(C)C)S(C)(=O)=O)c1. The minimum atomic E-state index is -3.54. The van der Waals surface area contributed by atoms with Gasteiger partial charge in [0.05, 0.1) is 22.0 Å². The molecule has 0 aromatic heterocycles. The van der Waals surface area contributed by atoms with Crippen molar-refractivity contribution in [3.8, 4) is 0 Å². The first kappa shape index (κ1) is 28.9. The second-order valence-corrected chi connectivity index (χ2v) is 11.6. The average Bonchev–Trinajstić information content (AvgIpc) is 2.75. The monoisotopic (exact) mass is 541 g/mol. The second-order valence-electron chi connectivity index (χ2n) is 8.89. The summed E-state index contributed by atoms with van der Waals surface area (Å²) in [6, 6.07) is 11.5. The number of amides is 2. The number of nitrogens with zero attached hydrogens (tertiary/aromatic N) is 2. The van der Waals surface area contributed by atoms with E-state index in [1.165, 1.54) is 9.21 Å². The van der Waals surface area contributed by atoms with E-state index in [1.807, 2.05) is 26.8 Å². The maximum atomic E-state index is 13.3. The highest BCUT2D eigenvalue weighted by atomic mass is 35.5. The Labute approximate surface area is 218 Å². The van der Waals surface area contributed by atoms with Crippen LogP contribution in [0.1, 0.15) is 44.7 Å². The largest absolute Gasteiger partial charge is 0.352 e. The number of carbonyl (C=O) groups is 2. The Morgan fingerprint density at radius 3 is 2.29 bits per heavy atom. The third-order valence-corrected chi connectivity index (χ3v) is 7.31. The molecule has 0 aliphatic rings. The number of aryl methyl sites for hydroxylation is 1. The van der Waals surface area contributed by atoms with Crippen molar-refractivity contribution in [3.05, 3.63) is 63.6 Å². The molecule has 0 saturated heterocycles. The van der Waals surface area contributed by atoms with Gasteiger partial charge in [-0.05, 0) is 69.5 Å². The first-order valence-electron chi connectivity index (χ1n) is 11.4. The smallest absolute Gasteiger partial charge is 0.242 e. The highest BCUT2D eigenvalue weighted by Gasteiger charge is 2.27. The normalized spacial score (nSPS) is 12.3. The van der Waals surface area contributed by atoms with E-state index in [9.17, 15) is 18.0 Å². The van der Waals surface area contributed by atoms with Crippen molar-refractivity contribution in [1.82, 2.24) is 10.2 Å². The zero-order valence-corrected chi connectivity index (χ0v) is 23.0. The van der Waals surface area contributed by atoms with Gasteiger partial charge < -0.3 is 10.2 Å². The molecule has 0 heterocycles. The fourth-order valence-corrected chi connectivity index (χ4v) is 4.89. The summed E-state index contributed by atoms with van der Waals surface area (Å²) in [6.45, 7) is 7.56. The number of hydrogen-bond acceptors (Lipinski definition) is 4. The van der Waals surface area contributed by atoms with Gasteiger partial charge in [0.1, 0.15) is 6.04 Å². The zero-order valence-electron chi connectivity index (χ0n) is 20.7. The minimum Gasteiger partial charge on any atom is -0.352 e. The highest BCUT2D eigenvalue weighted by molar-refractivity contribution is 7.92. The molecule has 2 aromatic rings. The summed E-state index contributed by atoms with van der Waals surface area (Å²) in [4.78, 5) is 27.5. The molecule has 2 rings (SSSR count). The Morgan fingerprint density at radius 2 is 1.71 bits per heavy atom. The summed E-state index contributed by atoms with van der Waals surface area (Å²) in [6.07, 6.45) is 1.50. The fraction of sp³-hybridized carbons (Fsp3) is 0.440. The molecule has 35 heavy (non-hydrogen) atoms. The summed E-state index contributed by atoms with van der Waals surface area (Å²) in [5.41, 5.74) is 2.22. The quantitative estimate of drug-likeness (QED) is 0.443. The molecular formula is C25H33Cl2N3O4S. The molecule has 0 aliphatic carbocycles. The summed E-state index contributed by atoms with van der Waals surface area (Å²) in [5.74, 6) is -0.536. The molecule has 0 unspecified atom stereocenters. The van der Waals surface area contributed by atoms with Crippen LogP contribution in [0.15, 0.2) is 42.5 Å². The van der Waals surface area contributed by atoms with E-state index >= 15 is 0 Å². The standard InChI is InChI=1S/C25H33Cl2N3O4S/c1-17(2)28-25(32)19(4)29(16-20-11-12-22(26)23(27)15-20)24(31)10-7-13-30(35(5,33)34)21-9-6-8-18(3)14-21/h6,8-9,11-12,14-15,17,19H,7,10,13,16H2,1-5H3,(H,28,32)/t19-/m1/s1. The number of rotatable bonds is 11. The van der Waals surface area contributed by atoms with Gasteiger partial charge in [0.25, 0.3) is 0 Å². The van der Waals surface area contributed by atoms with Gasteiger partial charge in [-0.2, -0.15) is 0 Å². The van der Waals surface area contributed by atoms with E-state index in [2.05, 4.69) is 5.32 Å². The maximum Gasteiger partial charge on any atom is 0.242 e. The van der Waals surface area contributed by atoms with Crippen molar-refractivity contribution < 1.29 is 18.0 Å². The van der Waals surface area contributed by atoms with Gasteiger partial charge >= 0.3 is 0 Å². The van der Waals surface area contributed by atoms with Gasteiger partial charge in [0.2, 0.25) is 21.8 Å². The number of benzene rings is 2. The molecule has 10 heteroatoms.